The number of carbonyl (C=O) groups is 1. The third-order valence-electron chi connectivity index (χ3n) is 1.59. The van der Waals surface area contributed by atoms with E-state index in [1.807, 2.05) is 0 Å². The van der Waals surface area contributed by atoms with E-state index in [1.54, 1.807) is 24.3 Å². The van der Waals surface area contributed by atoms with Gasteiger partial charge < -0.3 is 8.83 Å². The van der Waals surface area contributed by atoms with Crippen molar-refractivity contribution in [2.75, 3.05) is 0 Å². The van der Waals surface area contributed by atoms with Gasteiger partial charge in [-0.1, -0.05) is 0 Å². The summed E-state index contributed by atoms with van der Waals surface area (Å²) in [5, 5.41) is 0. The van der Waals surface area contributed by atoms with Crippen molar-refractivity contribution in [3.05, 3.63) is 45.1 Å². The summed E-state index contributed by atoms with van der Waals surface area (Å²) in [6.45, 7) is 0. The molecule has 0 aliphatic rings. The van der Waals surface area contributed by atoms with Crippen molar-refractivity contribution in [3.8, 4) is 0 Å². The molecule has 0 unspecified atom stereocenters. The molecule has 0 saturated carbocycles. The number of ketones is 1. The minimum atomic E-state index is -0.276. The normalized spacial score (nSPS) is 10.4. The molecular weight excluding hydrogens is 316 g/mol. The Labute approximate surface area is 96.3 Å². The lowest BCUT2D eigenvalue weighted by molar-refractivity contribution is 0.0981. The molecule has 0 N–H and O–H groups in total. The summed E-state index contributed by atoms with van der Waals surface area (Å²) in [7, 11) is 0. The van der Waals surface area contributed by atoms with E-state index in [0.29, 0.717) is 9.34 Å². The SMILES string of the molecule is O=C(c1ccc(Br)o1)c1ccc(Br)o1. The molecule has 0 saturated heterocycles. The van der Waals surface area contributed by atoms with E-state index in [9.17, 15) is 4.79 Å². The zero-order chi connectivity index (χ0) is 10.1. The lowest BCUT2D eigenvalue weighted by atomic mass is 10.2. The summed E-state index contributed by atoms with van der Waals surface area (Å²) < 4.78 is 11.2. The van der Waals surface area contributed by atoms with Crippen molar-refractivity contribution in [2.45, 2.75) is 0 Å². The number of hydrogen-bond donors (Lipinski definition) is 0. The van der Waals surface area contributed by atoms with Crippen LogP contribution in [0.4, 0.5) is 0 Å². The first-order valence-electron chi connectivity index (χ1n) is 3.72. The zero-order valence-corrected chi connectivity index (χ0v) is 9.96. The topological polar surface area (TPSA) is 43.4 Å². The van der Waals surface area contributed by atoms with Crippen LogP contribution >= 0.6 is 31.9 Å². The van der Waals surface area contributed by atoms with Gasteiger partial charge in [0.1, 0.15) is 0 Å². The van der Waals surface area contributed by atoms with Gasteiger partial charge in [-0.25, -0.2) is 0 Å². The Morgan fingerprint density at radius 3 is 1.64 bits per heavy atom. The van der Waals surface area contributed by atoms with Crippen molar-refractivity contribution >= 4 is 37.6 Å². The first-order chi connectivity index (χ1) is 6.66. The zero-order valence-electron chi connectivity index (χ0n) is 6.79. The molecule has 0 atom stereocenters. The molecule has 2 heterocycles. The molecule has 3 nitrogen and oxygen atoms in total. The average Bonchev–Trinajstić information content (AvgIpc) is 2.73. The fourth-order valence-corrected chi connectivity index (χ4v) is 1.61. The van der Waals surface area contributed by atoms with Crippen LogP contribution in [0.5, 0.6) is 0 Å². The molecule has 2 aromatic heterocycles. The van der Waals surface area contributed by atoms with Crippen LogP contribution in [0.3, 0.4) is 0 Å². The van der Waals surface area contributed by atoms with Gasteiger partial charge in [-0.05, 0) is 56.1 Å². The smallest absolute Gasteiger partial charge is 0.263 e. The first kappa shape index (κ1) is 9.73. The highest BCUT2D eigenvalue weighted by atomic mass is 79.9. The van der Waals surface area contributed by atoms with E-state index in [2.05, 4.69) is 31.9 Å². The molecule has 2 aromatic rings. The van der Waals surface area contributed by atoms with Crippen LogP contribution in [0, 0.1) is 0 Å². The Hall–Kier alpha value is -0.810. The van der Waals surface area contributed by atoms with Gasteiger partial charge in [0.05, 0.1) is 0 Å². The molecule has 0 aromatic carbocycles. The maximum atomic E-state index is 11.6. The summed E-state index contributed by atoms with van der Waals surface area (Å²) >= 11 is 6.24. The molecule has 0 bridgehead atoms. The predicted molar refractivity (Wildman–Crippen MR) is 56.2 cm³/mol. The number of carbonyl (C=O) groups excluding carboxylic acids is 1. The second-order valence-corrected chi connectivity index (χ2v) is 4.10. The predicted octanol–water partition coefficient (Wildman–Crippen LogP) is 3.63. The van der Waals surface area contributed by atoms with Gasteiger partial charge in [-0.3, -0.25) is 4.79 Å². The minimum Gasteiger partial charge on any atom is -0.446 e. The van der Waals surface area contributed by atoms with Crippen molar-refractivity contribution < 1.29 is 13.6 Å². The maximum Gasteiger partial charge on any atom is 0.263 e. The Bertz CT molecular complexity index is 428. The Balaban J connectivity index is 2.33. The first-order valence-corrected chi connectivity index (χ1v) is 5.31. The second-order valence-electron chi connectivity index (χ2n) is 2.54. The lowest BCUT2D eigenvalue weighted by Gasteiger charge is -1.90. The lowest BCUT2D eigenvalue weighted by Crippen LogP contribution is -1.96. The fraction of sp³-hybridized carbons (Fsp3) is 0. The van der Waals surface area contributed by atoms with Gasteiger partial charge in [0.25, 0.3) is 5.78 Å². The van der Waals surface area contributed by atoms with Crippen LogP contribution in [-0.4, -0.2) is 5.78 Å². The summed E-state index contributed by atoms with van der Waals surface area (Å²) in [5.41, 5.74) is 0. The van der Waals surface area contributed by atoms with E-state index < -0.39 is 0 Å². The van der Waals surface area contributed by atoms with Crippen molar-refractivity contribution in [3.63, 3.8) is 0 Å². The van der Waals surface area contributed by atoms with Crippen molar-refractivity contribution in [1.29, 1.82) is 0 Å². The van der Waals surface area contributed by atoms with Gasteiger partial charge in [0, 0.05) is 0 Å². The monoisotopic (exact) mass is 318 g/mol. The van der Waals surface area contributed by atoms with Gasteiger partial charge >= 0.3 is 0 Å². The molecule has 0 fully saturated rings. The average molecular weight is 320 g/mol. The maximum absolute atomic E-state index is 11.6. The van der Waals surface area contributed by atoms with E-state index in [1.165, 1.54) is 0 Å². The third-order valence-corrected chi connectivity index (χ3v) is 2.45. The highest BCUT2D eigenvalue weighted by Gasteiger charge is 2.16. The molecule has 0 radical (unpaired) electrons. The summed E-state index contributed by atoms with van der Waals surface area (Å²) in [5.74, 6) is 0.221. The Morgan fingerprint density at radius 2 is 1.36 bits per heavy atom. The van der Waals surface area contributed by atoms with Gasteiger partial charge in [-0.2, -0.15) is 0 Å². The summed E-state index contributed by atoms with van der Waals surface area (Å²) in [6, 6.07) is 6.49. The van der Waals surface area contributed by atoms with Crippen LogP contribution < -0.4 is 0 Å². The number of furan rings is 2. The molecule has 0 aliphatic heterocycles. The fourth-order valence-electron chi connectivity index (χ4n) is 0.994. The van der Waals surface area contributed by atoms with E-state index in [0.717, 1.165) is 0 Å². The quantitative estimate of drug-likeness (QED) is 0.794. The van der Waals surface area contributed by atoms with Gasteiger partial charge in [0.15, 0.2) is 20.9 Å². The van der Waals surface area contributed by atoms with E-state index in [4.69, 9.17) is 8.83 Å². The van der Waals surface area contributed by atoms with E-state index in [-0.39, 0.29) is 17.3 Å². The molecule has 5 heteroatoms. The molecular formula is C9H4Br2O3. The molecule has 0 amide bonds. The Kier molecular flexibility index (Phi) is 2.60. The summed E-state index contributed by atoms with van der Waals surface area (Å²) in [4.78, 5) is 11.6. The second kappa shape index (κ2) is 3.74. The van der Waals surface area contributed by atoms with Crippen LogP contribution in [0.25, 0.3) is 0 Å². The highest BCUT2D eigenvalue weighted by Crippen LogP contribution is 2.20. The summed E-state index contributed by atoms with van der Waals surface area (Å²) in [6.07, 6.45) is 0. The minimum absolute atomic E-state index is 0.249. The number of rotatable bonds is 2. The van der Waals surface area contributed by atoms with Crippen LogP contribution in [0.15, 0.2) is 42.4 Å². The molecule has 0 spiro atoms. The van der Waals surface area contributed by atoms with Gasteiger partial charge in [-0.15, -0.1) is 0 Å². The number of hydrogen-bond acceptors (Lipinski definition) is 3. The van der Waals surface area contributed by atoms with E-state index >= 15 is 0 Å². The van der Waals surface area contributed by atoms with Crippen LogP contribution in [-0.2, 0) is 0 Å². The largest absolute Gasteiger partial charge is 0.446 e. The van der Waals surface area contributed by atoms with Crippen molar-refractivity contribution in [1.82, 2.24) is 0 Å². The number of halogens is 2. The van der Waals surface area contributed by atoms with Crippen LogP contribution in [0.2, 0.25) is 0 Å². The van der Waals surface area contributed by atoms with Crippen LogP contribution in [0.1, 0.15) is 16.3 Å². The molecule has 14 heavy (non-hydrogen) atoms. The molecule has 2 rings (SSSR count). The third kappa shape index (κ3) is 1.83. The van der Waals surface area contributed by atoms with Crippen molar-refractivity contribution in [2.24, 2.45) is 0 Å². The molecule has 72 valence electrons. The standard InChI is InChI=1S/C9H4Br2O3/c10-7-3-1-5(13-7)9(12)6-2-4-8(11)14-6/h1-4H. The Morgan fingerprint density at radius 1 is 0.929 bits per heavy atom. The molecule has 0 aliphatic carbocycles. The van der Waals surface area contributed by atoms with Gasteiger partial charge in [0.2, 0.25) is 0 Å². The highest BCUT2D eigenvalue weighted by molar-refractivity contribution is 9.10.